The monoisotopic (exact) mass is 273 g/mol. The van der Waals surface area contributed by atoms with Crippen LogP contribution in [0.4, 0.5) is 4.39 Å². The number of phenolic OH excluding ortho intramolecular Hbond substituents is 1. The van der Waals surface area contributed by atoms with E-state index in [0.717, 1.165) is 5.56 Å². The van der Waals surface area contributed by atoms with Gasteiger partial charge in [0.2, 0.25) is 5.91 Å². The van der Waals surface area contributed by atoms with Gasteiger partial charge in [0.05, 0.1) is 6.42 Å². The van der Waals surface area contributed by atoms with Gasteiger partial charge in [-0.1, -0.05) is 30.3 Å². The highest BCUT2D eigenvalue weighted by Crippen LogP contribution is 2.15. The van der Waals surface area contributed by atoms with Gasteiger partial charge in [-0.05, 0) is 30.2 Å². The van der Waals surface area contributed by atoms with E-state index < -0.39 is 0 Å². The molecule has 0 aliphatic heterocycles. The molecule has 0 unspecified atom stereocenters. The van der Waals surface area contributed by atoms with E-state index in [1.165, 1.54) is 12.1 Å². The molecule has 2 aromatic rings. The molecule has 0 saturated heterocycles. The maximum Gasteiger partial charge on any atom is 0.224 e. The maximum atomic E-state index is 12.7. The highest BCUT2D eigenvalue weighted by atomic mass is 19.1. The zero-order chi connectivity index (χ0) is 14.4. The molecular formula is C16H16FNO2. The van der Waals surface area contributed by atoms with E-state index in [1.807, 2.05) is 0 Å². The van der Waals surface area contributed by atoms with Gasteiger partial charge >= 0.3 is 0 Å². The van der Waals surface area contributed by atoms with Crippen molar-refractivity contribution in [1.29, 1.82) is 0 Å². The number of hydrogen-bond acceptors (Lipinski definition) is 2. The largest absolute Gasteiger partial charge is 0.508 e. The molecule has 0 heterocycles. The van der Waals surface area contributed by atoms with Crippen molar-refractivity contribution in [1.82, 2.24) is 5.32 Å². The van der Waals surface area contributed by atoms with Crippen molar-refractivity contribution in [3.63, 3.8) is 0 Å². The Morgan fingerprint density at radius 1 is 1.10 bits per heavy atom. The first-order chi connectivity index (χ1) is 9.65. The molecule has 2 rings (SSSR count). The van der Waals surface area contributed by atoms with Crippen molar-refractivity contribution < 1.29 is 14.3 Å². The Bertz CT molecular complexity index is 581. The fraction of sp³-hybridized carbons (Fsp3) is 0.188. The zero-order valence-electron chi connectivity index (χ0n) is 11.0. The summed E-state index contributed by atoms with van der Waals surface area (Å²) in [5.41, 5.74) is 1.57. The van der Waals surface area contributed by atoms with Gasteiger partial charge in [-0.2, -0.15) is 0 Å². The lowest BCUT2D eigenvalue weighted by atomic mass is 10.1. The average molecular weight is 273 g/mol. The second-order valence-corrected chi connectivity index (χ2v) is 4.53. The zero-order valence-corrected chi connectivity index (χ0v) is 11.0. The van der Waals surface area contributed by atoms with Crippen LogP contribution in [0.2, 0.25) is 0 Å². The molecule has 0 aromatic heterocycles. The molecule has 0 fully saturated rings. The summed E-state index contributed by atoms with van der Waals surface area (Å²) < 4.78 is 12.7. The predicted molar refractivity (Wildman–Crippen MR) is 74.9 cm³/mol. The summed E-state index contributed by atoms with van der Waals surface area (Å²) in [6, 6.07) is 13.0. The molecule has 20 heavy (non-hydrogen) atoms. The van der Waals surface area contributed by atoms with Gasteiger partial charge in [0.15, 0.2) is 0 Å². The van der Waals surface area contributed by atoms with E-state index in [4.69, 9.17) is 0 Å². The van der Waals surface area contributed by atoms with Crippen molar-refractivity contribution in [3.8, 4) is 5.75 Å². The van der Waals surface area contributed by atoms with Gasteiger partial charge in [0.1, 0.15) is 11.6 Å². The third kappa shape index (κ3) is 4.09. The second-order valence-electron chi connectivity index (χ2n) is 4.53. The maximum absolute atomic E-state index is 12.7. The molecule has 104 valence electrons. The van der Waals surface area contributed by atoms with Crippen molar-refractivity contribution in [2.45, 2.75) is 12.8 Å². The summed E-state index contributed by atoms with van der Waals surface area (Å²) in [5.74, 6) is -0.285. The average Bonchev–Trinajstić information content (AvgIpc) is 2.44. The minimum absolute atomic E-state index is 0.126. The number of benzene rings is 2. The van der Waals surface area contributed by atoms with Crippen LogP contribution < -0.4 is 5.32 Å². The molecule has 0 spiro atoms. The number of aromatic hydroxyl groups is 1. The lowest BCUT2D eigenvalue weighted by Crippen LogP contribution is -2.27. The van der Waals surface area contributed by atoms with Crippen LogP contribution in [0.15, 0.2) is 48.5 Å². The Balaban J connectivity index is 1.78. The van der Waals surface area contributed by atoms with Gasteiger partial charge in [-0.25, -0.2) is 4.39 Å². The minimum atomic E-state index is -0.266. The van der Waals surface area contributed by atoms with Crippen molar-refractivity contribution >= 4 is 5.91 Å². The van der Waals surface area contributed by atoms with E-state index in [0.29, 0.717) is 18.5 Å². The summed E-state index contributed by atoms with van der Waals surface area (Å²) in [7, 11) is 0. The molecule has 0 aliphatic rings. The summed E-state index contributed by atoms with van der Waals surface area (Å²) >= 11 is 0. The molecule has 0 saturated carbocycles. The number of halogens is 1. The van der Waals surface area contributed by atoms with Crippen LogP contribution in [0, 0.1) is 5.82 Å². The number of carbonyl (C=O) groups excluding carboxylic acids is 1. The van der Waals surface area contributed by atoms with E-state index in [2.05, 4.69) is 5.32 Å². The fourth-order valence-corrected chi connectivity index (χ4v) is 1.89. The number of nitrogens with one attached hydrogen (secondary N) is 1. The molecule has 1 amide bonds. The normalized spacial score (nSPS) is 10.2. The Labute approximate surface area is 117 Å². The Kier molecular flexibility index (Phi) is 4.71. The van der Waals surface area contributed by atoms with Crippen LogP contribution in [-0.2, 0) is 17.6 Å². The van der Waals surface area contributed by atoms with E-state index >= 15 is 0 Å². The lowest BCUT2D eigenvalue weighted by molar-refractivity contribution is -0.120. The van der Waals surface area contributed by atoms with E-state index in [9.17, 15) is 14.3 Å². The molecule has 3 nitrogen and oxygen atoms in total. The van der Waals surface area contributed by atoms with Crippen molar-refractivity contribution in [2.24, 2.45) is 0 Å². The quantitative estimate of drug-likeness (QED) is 0.879. The Morgan fingerprint density at radius 2 is 1.80 bits per heavy atom. The number of phenols is 1. The molecule has 0 radical (unpaired) electrons. The standard InChI is InChI=1S/C16H16FNO2/c17-14-7-5-12(6-8-14)9-10-18-16(20)11-13-3-1-2-4-15(13)19/h1-8,19H,9-11H2,(H,18,20). The molecular weight excluding hydrogens is 257 g/mol. The fourth-order valence-electron chi connectivity index (χ4n) is 1.89. The smallest absolute Gasteiger partial charge is 0.224 e. The van der Waals surface area contributed by atoms with Gasteiger partial charge in [-0.15, -0.1) is 0 Å². The lowest BCUT2D eigenvalue weighted by Gasteiger charge is -2.06. The number of para-hydroxylation sites is 1. The highest BCUT2D eigenvalue weighted by molar-refractivity contribution is 5.79. The van der Waals surface area contributed by atoms with Crippen LogP contribution in [-0.4, -0.2) is 17.6 Å². The molecule has 2 N–H and O–H groups in total. The summed E-state index contributed by atoms with van der Waals surface area (Å²) in [4.78, 5) is 11.7. The first-order valence-corrected chi connectivity index (χ1v) is 6.43. The van der Waals surface area contributed by atoms with Gasteiger partial charge in [0, 0.05) is 12.1 Å². The third-order valence-corrected chi connectivity index (χ3v) is 2.99. The number of rotatable bonds is 5. The van der Waals surface area contributed by atoms with Gasteiger partial charge in [0.25, 0.3) is 0 Å². The molecule has 4 heteroatoms. The predicted octanol–water partition coefficient (Wildman–Crippen LogP) is 2.43. The van der Waals surface area contributed by atoms with Crippen LogP contribution >= 0.6 is 0 Å². The van der Waals surface area contributed by atoms with Crippen LogP contribution in [0.25, 0.3) is 0 Å². The summed E-state index contributed by atoms with van der Waals surface area (Å²) in [5, 5.41) is 12.4. The van der Waals surface area contributed by atoms with Gasteiger partial charge in [-0.3, -0.25) is 4.79 Å². The summed E-state index contributed by atoms with van der Waals surface area (Å²) in [6.45, 7) is 0.484. The molecule has 0 bridgehead atoms. The topological polar surface area (TPSA) is 49.3 Å². The Morgan fingerprint density at radius 3 is 2.50 bits per heavy atom. The Hall–Kier alpha value is -2.36. The van der Waals surface area contributed by atoms with Crippen molar-refractivity contribution in [2.75, 3.05) is 6.54 Å². The molecule has 0 atom stereocenters. The molecule has 0 aliphatic carbocycles. The highest BCUT2D eigenvalue weighted by Gasteiger charge is 2.06. The van der Waals surface area contributed by atoms with Crippen LogP contribution in [0.1, 0.15) is 11.1 Å². The van der Waals surface area contributed by atoms with E-state index in [-0.39, 0.29) is 23.9 Å². The first-order valence-electron chi connectivity index (χ1n) is 6.43. The molecule has 2 aromatic carbocycles. The first kappa shape index (κ1) is 14.1. The number of carbonyl (C=O) groups is 1. The van der Waals surface area contributed by atoms with Crippen LogP contribution in [0.3, 0.4) is 0 Å². The SMILES string of the molecule is O=C(Cc1ccccc1O)NCCc1ccc(F)cc1. The van der Waals surface area contributed by atoms with Crippen molar-refractivity contribution in [3.05, 3.63) is 65.5 Å². The second kappa shape index (κ2) is 6.70. The minimum Gasteiger partial charge on any atom is -0.508 e. The van der Waals surface area contributed by atoms with Gasteiger partial charge < -0.3 is 10.4 Å². The summed E-state index contributed by atoms with van der Waals surface area (Å²) in [6.07, 6.45) is 0.795. The third-order valence-electron chi connectivity index (χ3n) is 2.99. The van der Waals surface area contributed by atoms with E-state index in [1.54, 1.807) is 36.4 Å². The number of amides is 1. The van der Waals surface area contributed by atoms with Crippen LogP contribution in [0.5, 0.6) is 5.75 Å². The number of hydrogen-bond donors (Lipinski definition) is 2.